The van der Waals surface area contributed by atoms with Crippen LogP contribution in [0.25, 0.3) is 0 Å². The number of carbonyl (C=O) groups excluding carboxylic acids is 1. The molecule has 21 heavy (non-hydrogen) atoms. The quantitative estimate of drug-likeness (QED) is 0.341. The first kappa shape index (κ1) is 13.9. The summed E-state index contributed by atoms with van der Waals surface area (Å²) < 4.78 is 0. The number of hydrogen-bond acceptors (Lipinski definition) is 3. The van der Waals surface area contributed by atoms with Crippen molar-refractivity contribution in [1.82, 2.24) is 5.32 Å². The van der Waals surface area contributed by atoms with Gasteiger partial charge in [0.15, 0.2) is 5.84 Å². The zero-order chi connectivity index (χ0) is 15.2. The summed E-state index contributed by atoms with van der Waals surface area (Å²) in [5, 5.41) is 14.7. The van der Waals surface area contributed by atoms with Crippen LogP contribution in [0, 0.1) is 11.8 Å². The highest BCUT2D eigenvalue weighted by molar-refractivity contribution is 5.94. The molecule has 1 amide bonds. The second kappa shape index (κ2) is 4.76. The molecule has 1 aromatic carbocycles. The molecule has 1 fully saturated rings. The largest absolute Gasteiger partial charge is 0.409 e. The molecule has 0 bridgehead atoms. The van der Waals surface area contributed by atoms with Crippen LogP contribution in [0.3, 0.4) is 0 Å². The molecule has 2 aliphatic rings. The second-order valence-electron chi connectivity index (χ2n) is 6.55. The van der Waals surface area contributed by atoms with E-state index in [0.717, 1.165) is 12.8 Å². The van der Waals surface area contributed by atoms with Crippen molar-refractivity contribution in [1.29, 1.82) is 0 Å². The predicted molar refractivity (Wildman–Crippen MR) is 80.1 cm³/mol. The van der Waals surface area contributed by atoms with Crippen molar-refractivity contribution >= 4 is 11.7 Å². The summed E-state index contributed by atoms with van der Waals surface area (Å²) in [6, 6.07) is 8.38. The van der Waals surface area contributed by atoms with Crippen molar-refractivity contribution in [3.63, 3.8) is 0 Å². The van der Waals surface area contributed by atoms with E-state index >= 15 is 0 Å². The summed E-state index contributed by atoms with van der Waals surface area (Å²) >= 11 is 0. The molecule has 4 N–H and O–H groups in total. The Balaban J connectivity index is 1.75. The Morgan fingerprint density at radius 1 is 1.43 bits per heavy atom. The molecular weight excluding hydrogens is 266 g/mol. The maximum Gasteiger partial charge on any atom is 0.224 e. The van der Waals surface area contributed by atoms with Gasteiger partial charge in [0.05, 0.1) is 5.54 Å². The Morgan fingerprint density at radius 2 is 2.14 bits per heavy atom. The maximum absolute atomic E-state index is 12.5. The van der Waals surface area contributed by atoms with E-state index in [4.69, 9.17) is 10.9 Å². The summed E-state index contributed by atoms with van der Waals surface area (Å²) in [5.74, 6) is 0.790. The molecule has 112 valence electrons. The average Bonchev–Trinajstić information content (AvgIpc) is 3.20. The summed E-state index contributed by atoms with van der Waals surface area (Å²) in [6.07, 6.45) is 2.11. The number of amidine groups is 1. The standard InChI is InChI=1S/C16H21N3O2/c1-16(2,15(17)19-21)18-14(20)13-11-8-7-9-5-3-4-6-10(9)12(11)13/h3-6,11-13,21H,7-8H2,1-2H3,(H2,17,19)(H,18,20). The van der Waals surface area contributed by atoms with Gasteiger partial charge in [-0.2, -0.15) is 0 Å². The average molecular weight is 287 g/mol. The molecule has 1 aromatic rings. The minimum atomic E-state index is -0.836. The topological polar surface area (TPSA) is 87.7 Å². The van der Waals surface area contributed by atoms with Gasteiger partial charge >= 0.3 is 0 Å². The number of nitrogens with one attached hydrogen (secondary N) is 1. The number of nitrogens with two attached hydrogens (primary N) is 1. The molecule has 5 nitrogen and oxygen atoms in total. The Kier molecular flexibility index (Phi) is 3.15. The summed E-state index contributed by atoms with van der Waals surface area (Å²) in [5.41, 5.74) is 7.47. The normalized spacial score (nSPS) is 27.5. The first-order chi connectivity index (χ1) is 9.95. The highest BCUT2D eigenvalue weighted by Crippen LogP contribution is 2.59. The Labute approximate surface area is 124 Å². The summed E-state index contributed by atoms with van der Waals surface area (Å²) in [6.45, 7) is 3.47. The number of aryl methyl sites for hydroxylation is 1. The van der Waals surface area contributed by atoms with Gasteiger partial charge in [0.25, 0.3) is 0 Å². The number of nitrogens with zero attached hydrogens (tertiary/aromatic N) is 1. The van der Waals surface area contributed by atoms with Gasteiger partial charge in [0.1, 0.15) is 0 Å². The van der Waals surface area contributed by atoms with Crippen LogP contribution < -0.4 is 11.1 Å². The number of benzene rings is 1. The molecule has 0 radical (unpaired) electrons. The third kappa shape index (κ3) is 2.26. The van der Waals surface area contributed by atoms with Crippen LogP contribution in [0.5, 0.6) is 0 Å². The van der Waals surface area contributed by atoms with E-state index in [1.54, 1.807) is 13.8 Å². The van der Waals surface area contributed by atoms with Crippen molar-refractivity contribution in [3.8, 4) is 0 Å². The fourth-order valence-corrected chi connectivity index (χ4v) is 3.50. The van der Waals surface area contributed by atoms with E-state index in [2.05, 4.69) is 28.7 Å². The molecule has 3 atom stereocenters. The molecular formula is C16H21N3O2. The van der Waals surface area contributed by atoms with Crippen LogP contribution in [0.15, 0.2) is 29.4 Å². The van der Waals surface area contributed by atoms with Gasteiger partial charge in [-0.05, 0) is 49.7 Å². The van der Waals surface area contributed by atoms with Crippen molar-refractivity contribution in [2.45, 2.75) is 38.1 Å². The van der Waals surface area contributed by atoms with Crippen LogP contribution in [0.1, 0.15) is 37.3 Å². The minimum Gasteiger partial charge on any atom is -0.409 e. The van der Waals surface area contributed by atoms with Gasteiger partial charge in [0, 0.05) is 5.92 Å². The van der Waals surface area contributed by atoms with Crippen LogP contribution in [0.2, 0.25) is 0 Å². The van der Waals surface area contributed by atoms with E-state index in [9.17, 15) is 4.79 Å². The highest BCUT2D eigenvalue weighted by Gasteiger charge is 2.57. The number of fused-ring (bicyclic) bond motifs is 3. The Bertz CT molecular complexity index is 609. The molecule has 0 aromatic heterocycles. The third-order valence-electron chi connectivity index (χ3n) is 4.82. The van der Waals surface area contributed by atoms with Crippen molar-refractivity contribution in [2.75, 3.05) is 0 Å². The molecule has 5 heteroatoms. The molecule has 1 saturated carbocycles. The lowest BCUT2D eigenvalue weighted by molar-refractivity contribution is -0.123. The monoisotopic (exact) mass is 287 g/mol. The Morgan fingerprint density at radius 3 is 2.86 bits per heavy atom. The van der Waals surface area contributed by atoms with Crippen LogP contribution >= 0.6 is 0 Å². The smallest absolute Gasteiger partial charge is 0.224 e. The van der Waals surface area contributed by atoms with E-state index in [0.29, 0.717) is 11.8 Å². The Hall–Kier alpha value is -2.04. The van der Waals surface area contributed by atoms with Gasteiger partial charge in [-0.1, -0.05) is 29.4 Å². The highest BCUT2D eigenvalue weighted by atomic mass is 16.4. The van der Waals surface area contributed by atoms with E-state index in [1.165, 1.54) is 11.1 Å². The zero-order valence-corrected chi connectivity index (χ0v) is 12.3. The number of rotatable bonds is 3. The molecule has 3 rings (SSSR count). The lowest BCUT2D eigenvalue weighted by Gasteiger charge is -2.24. The van der Waals surface area contributed by atoms with Crippen LogP contribution in [0.4, 0.5) is 0 Å². The molecule has 2 aliphatic carbocycles. The SMILES string of the molecule is CC(C)(NC(=O)C1C2CCc3ccccc3C21)/C(N)=N/O. The number of oxime groups is 1. The molecule has 0 spiro atoms. The summed E-state index contributed by atoms with van der Waals surface area (Å²) in [7, 11) is 0. The number of carbonyl (C=O) groups is 1. The first-order valence-electron chi connectivity index (χ1n) is 7.33. The van der Waals surface area contributed by atoms with E-state index < -0.39 is 5.54 Å². The van der Waals surface area contributed by atoms with E-state index in [1.807, 2.05) is 6.07 Å². The number of amides is 1. The lowest BCUT2D eigenvalue weighted by atomic mass is 9.92. The molecule has 0 aliphatic heterocycles. The first-order valence-corrected chi connectivity index (χ1v) is 7.33. The van der Waals surface area contributed by atoms with Crippen molar-refractivity contribution in [3.05, 3.63) is 35.4 Å². The van der Waals surface area contributed by atoms with Crippen molar-refractivity contribution < 1.29 is 10.0 Å². The van der Waals surface area contributed by atoms with Gasteiger partial charge in [-0.25, -0.2) is 0 Å². The van der Waals surface area contributed by atoms with Gasteiger partial charge in [0.2, 0.25) is 5.91 Å². The minimum absolute atomic E-state index is 0.00157. The van der Waals surface area contributed by atoms with Gasteiger partial charge < -0.3 is 16.3 Å². The van der Waals surface area contributed by atoms with Gasteiger partial charge in [-0.15, -0.1) is 0 Å². The number of hydrogen-bond donors (Lipinski definition) is 3. The van der Waals surface area contributed by atoms with Crippen LogP contribution in [-0.2, 0) is 11.2 Å². The van der Waals surface area contributed by atoms with Crippen molar-refractivity contribution in [2.24, 2.45) is 22.7 Å². The third-order valence-corrected chi connectivity index (χ3v) is 4.82. The molecule has 3 unspecified atom stereocenters. The second-order valence-corrected chi connectivity index (χ2v) is 6.55. The summed E-state index contributed by atoms with van der Waals surface area (Å²) in [4.78, 5) is 12.5. The van der Waals surface area contributed by atoms with Crippen LogP contribution in [-0.4, -0.2) is 22.5 Å². The molecule has 0 saturated heterocycles. The predicted octanol–water partition coefficient (Wildman–Crippen LogP) is 1.60. The van der Waals surface area contributed by atoms with Gasteiger partial charge in [-0.3, -0.25) is 4.79 Å². The molecule has 0 heterocycles. The maximum atomic E-state index is 12.5. The lowest BCUT2D eigenvalue weighted by Crippen LogP contribution is -2.53. The van der Waals surface area contributed by atoms with E-state index in [-0.39, 0.29) is 17.7 Å². The fourth-order valence-electron chi connectivity index (χ4n) is 3.50. The zero-order valence-electron chi connectivity index (χ0n) is 12.3. The fraction of sp³-hybridized carbons (Fsp3) is 0.500.